The van der Waals surface area contributed by atoms with Crippen molar-refractivity contribution in [3.8, 4) is 0 Å². The first kappa shape index (κ1) is 13.6. The summed E-state index contributed by atoms with van der Waals surface area (Å²) >= 11 is 6.14. The Bertz CT molecular complexity index is 579. The number of aliphatic hydroxyl groups excluding tert-OH is 1. The average Bonchev–Trinajstić information content (AvgIpc) is 3.29. The Morgan fingerprint density at radius 2 is 1.95 bits per heavy atom. The van der Waals surface area contributed by atoms with Crippen molar-refractivity contribution >= 4 is 23.4 Å². The summed E-state index contributed by atoms with van der Waals surface area (Å²) in [5.41, 5.74) is 1.08. The number of aliphatic carboxylic acids is 1. The van der Waals surface area contributed by atoms with E-state index in [-0.39, 0.29) is 11.7 Å². The summed E-state index contributed by atoms with van der Waals surface area (Å²) in [6.07, 6.45) is 1.83. The van der Waals surface area contributed by atoms with Gasteiger partial charge in [-0.25, -0.2) is 0 Å². The number of hydrogen-bond donors (Lipinski definition) is 2. The molecule has 2 saturated carbocycles. The number of carboxylic acids is 1. The molecule has 0 aliphatic heterocycles. The summed E-state index contributed by atoms with van der Waals surface area (Å²) in [5.74, 6) is -1.81. The van der Waals surface area contributed by atoms with Crippen LogP contribution >= 0.6 is 11.6 Å². The fraction of sp³-hybridized carbons (Fsp3) is 0.467. The normalized spacial score (nSPS) is 26.1. The summed E-state index contributed by atoms with van der Waals surface area (Å²) in [4.78, 5) is 22.9. The van der Waals surface area contributed by atoms with E-state index in [0.717, 1.165) is 12.8 Å². The van der Waals surface area contributed by atoms with Gasteiger partial charge in [0, 0.05) is 16.5 Å². The Hall–Kier alpha value is -1.39. The van der Waals surface area contributed by atoms with E-state index in [1.54, 1.807) is 18.2 Å². The molecule has 3 atom stereocenters. The molecular weight excluding hydrogens is 280 g/mol. The fourth-order valence-electron chi connectivity index (χ4n) is 2.56. The molecule has 2 aliphatic carbocycles. The molecule has 0 amide bonds. The molecule has 0 bridgehead atoms. The van der Waals surface area contributed by atoms with Crippen LogP contribution in [0.4, 0.5) is 0 Å². The van der Waals surface area contributed by atoms with E-state index in [1.807, 2.05) is 0 Å². The second-order valence-corrected chi connectivity index (χ2v) is 6.08. The van der Waals surface area contributed by atoms with Crippen LogP contribution in [0.15, 0.2) is 18.2 Å². The van der Waals surface area contributed by atoms with E-state index >= 15 is 0 Å². The lowest BCUT2D eigenvalue weighted by Crippen LogP contribution is -2.09. The van der Waals surface area contributed by atoms with E-state index < -0.39 is 23.9 Å². The molecule has 2 N–H and O–H groups in total. The summed E-state index contributed by atoms with van der Waals surface area (Å²) in [6, 6.07) is 4.85. The molecule has 5 heteroatoms. The lowest BCUT2D eigenvalue weighted by molar-refractivity contribution is -0.138. The highest BCUT2D eigenvalue weighted by molar-refractivity contribution is 6.31. The Kier molecular flexibility index (Phi) is 3.30. The molecule has 0 spiro atoms. The van der Waals surface area contributed by atoms with Gasteiger partial charge in [0.25, 0.3) is 0 Å². The van der Waals surface area contributed by atoms with Gasteiger partial charge < -0.3 is 10.2 Å². The van der Waals surface area contributed by atoms with E-state index in [1.165, 1.54) is 0 Å². The van der Waals surface area contributed by atoms with Gasteiger partial charge in [0.15, 0.2) is 5.78 Å². The van der Waals surface area contributed by atoms with Crippen molar-refractivity contribution in [3.05, 3.63) is 34.3 Å². The second kappa shape index (κ2) is 4.86. The number of carbonyl (C=O) groups excluding carboxylic acids is 1. The van der Waals surface area contributed by atoms with Gasteiger partial charge in [-0.1, -0.05) is 23.7 Å². The van der Waals surface area contributed by atoms with Gasteiger partial charge in [-0.05, 0) is 36.8 Å². The van der Waals surface area contributed by atoms with E-state index in [4.69, 9.17) is 16.7 Å². The number of halogens is 1. The van der Waals surface area contributed by atoms with Crippen molar-refractivity contribution < 1.29 is 19.8 Å². The fourth-order valence-corrected chi connectivity index (χ4v) is 2.85. The molecule has 0 saturated heterocycles. The number of carbonyl (C=O) groups is 2. The van der Waals surface area contributed by atoms with Gasteiger partial charge in [-0.3, -0.25) is 9.59 Å². The van der Waals surface area contributed by atoms with Gasteiger partial charge in [0.1, 0.15) is 0 Å². The number of Topliss-reactive ketones (excluding diaryl/α,β-unsaturated/α-hetero) is 1. The van der Waals surface area contributed by atoms with Crippen molar-refractivity contribution in [2.75, 3.05) is 0 Å². The van der Waals surface area contributed by atoms with Gasteiger partial charge in [0.05, 0.1) is 12.0 Å². The molecule has 3 rings (SSSR count). The highest BCUT2D eigenvalue weighted by Gasteiger charge is 2.48. The molecule has 1 unspecified atom stereocenters. The largest absolute Gasteiger partial charge is 0.481 e. The second-order valence-electron chi connectivity index (χ2n) is 5.67. The predicted octanol–water partition coefficient (Wildman–Crippen LogP) is 2.69. The lowest BCUT2D eigenvalue weighted by atomic mass is 10.00. The van der Waals surface area contributed by atoms with Crippen LogP contribution in [0.3, 0.4) is 0 Å². The van der Waals surface area contributed by atoms with E-state index in [2.05, 4.69) is 0 Å². The summed E-state index contributed by atoms with van der Waals surface area (Å²) in [7, 11) is 0. The summed E-state index contributed by atoms with van der Waals surface area (Å²) < 4.78 is 0. The molecule has 0 aromatic heterocycles. The van der Waals surface area contributed by atoms with Gasteiger partial charge in [-0.15, -0.1) is 0 Å². The molecular formula is C15H15ClO4. The maximum absolute atomic E-state index is 12.1. The maximum atomic E-state index is 12.1. The van der Waals surface area contributed by atoms with Crippen LogP contribution in [0.25, 0.3) is 0 Å². The molecule has 4 nitrogen and oxygen atoms in total. The zero-order chi connectivity index (χ0) is 14.4. The monoisotopic (exact) mass is 294 g/mol. The minimum atomic E-state index is -0.921. The highest BCUT2D eigenvalue weighted by Crippen LogP contribution is 2.44. The molecule has 106 valence electrons. The van der Waals surface area contributed by atoms with Crippen molar-refractivity contribution in [1.29, 1.82) is 0 Å². The number of rotatable bonds is 5. The smallest absolute Gasteiger partial charge is 0.307 e. The molecule has 0 heterocycles. The zero-order valence-electron chi connectivity index (χ0n) is 10.8. The number of hydrogen-bond acceptors (Lipinski definition) is 3. The predicted molar refractivity (Wildman–Crippen MR) is 72.7 cm³/mol. The Morgan fingerprint density at radius 3 is 2.45 bits per heavy atom. The molecule has 2 fully saturated rings. The highest BCUT2D eigenvalue weighted by atomic mass is 35.5. The van der Waals surface area contributed by atoms with Crippen molar-refractivity contribution in [1.82, 2.24) is 0 Å². The third kappa shape index (κ3) is 2.45. The minimum Gasteiger partial charge on any atom is -0.481 e. The number of aliphatic hydroxyl groups is 1. The molecule has 20 heavy (non-hydrogen) atoms. The van der Waals surface area contributed by atoms with Gasteiger partial charge in [-0.2, -0.15) is 0 Å². The standard InChI is InChI=1S/C15H15ClO4/c16-12-5-8(14(18)10-6-11(10)15(19)20)3-4-9(12)13(17)7-1-2-7/h3-5,7,10-11,13,17H,1-2,6H2,(H,19,20)/t10-,11-,13?/m0/s1. The van der Waals surface area contributed by atoms with Gasteiger partial charge in [0.2, 0.25) is 0 Å². The first-order valence-corrected chi connectivity index (χ1v) is 7.11. The Balaban J connectivity index is 1.77. The zero-order valence-corrected chi connectivity index (χ0v) is 11.5. The van der Waals surface area contributed by atoms with Gasteiger partial charge >= 0.3 is 5.97 Å². The van der Waals surface area contributed by atoms with Crippen LogP contribution in [0.5, 0.6) is 0 Å². The maximum Gasteiger partial charge on any atom is 0.307 e. The average molecular weight is 295 g/mol. The summed E-state index contributed by atoms with van der Waals surface area (Å²) in [5, 5.41) is 19.3. The van der Waals surface area contributed by atoms with E-state index in [0.29, 0.717) is 22.6 Å². The number of ketones is 1. The van der Waals surface area contributed by atoms with Crippen LogP contribution in [-0.2, 0) is 4.79 Å². The first-order chi connectivity index (χ1) is 9.49. The van der Waals surface area contributed by atoms with Crippen LogP contribution in [0.1, 0.15) is 41.3 Å². The molecule has 0 radical (unpaired) electrons. The summed E-state index contributed by atoms with van der Waals surface area (Å²) in [6.45, 7) is 0. The Labute approximate surface area is 121 Å². The van der Waals surface area contributed by atoms with Crippen molar-refractivity contribution in [3.63, 3.8) is 0 Å². The Morgan fingerprint density at radius 1 is 1.25 bits per heavy atom. The lowest BCUT2D eigenvalue weighted by Gasteiger charge is -2.12. The molecule has 2 aliphatic rings. The molecule has 1 aromatic rings. The third-order valence-corrected chi connectivity index (χ3v) is 4.44. The molecule has 1 aromatic carbocycles. The number of benzene rings is 1. The van der Waals surface area contributed by atoms with Crippen LogP contribution in [-0.4, -0.2) is 22.0 Å². The minimum absolute atomic E-state index is 0.174. The number of carboxylic acid groups (broad SMARTS) is 1. The van der Waals surface area contributed by atoms with E-state index in [9.17, 15) is 14.7 Å². The van der Waals surface area contributed by atoms with Crippen molar-refractivity contribution in [2.45, 2.75) is 25.4 Å². The van der Waals surface area contributed by atoms with Crippen LogP contribution in [0.2, 0.25) is 5.02 Å². The van der Waals surface area contributed by atoms with Crippen LogP contribution < -0.4 is 0 Å². The SMILES string of the molecule is O=C(O)[C@H]1C[C@@H]1C(=O)c1ccc(C(O)C2CC2)c(Cl)c1. The van der Waals surface area contributed by atoms with Crippen molar-refractivity contribution in [2.24, 2.45) is 17.8 Å². The third-order valence-electron chi connectivity index (χ3n) is 4.12. The topological polar surface area (TPSA) is 74.6 Å². The first-order valence-electron chi connectivity index (χ1n) is 6.73. The van der Waals surface area contributed by atoms with Crippen LogP contribution in [0, 0.1) is 17.8 Å². The quantitative estimate of drug-likeness (QED) is 0.819.